The Bertz CT molecular complexity index is 487. The van der Waals surface area contributed by atoms with Crippen LogP contribution in [0.15, 0.2) is 24.3 Å². The van der Waals surface area contributed by atoms with E-state index >= 15 is 0 Å². The van der Waals surface area contributed by atoms with E-state index in [2.05, 4.69) is 22.3 Å². The van der Waals surface area contributed by atoms with Gasteiger partial charge in [0, 0.05) is 17.6 Å². The number of nitrogens with two attached hydrogens (primary N) is 1. The zero-order valence-electron chi connectivity index (χ0n) is 13.8. The molecule has 1 aromatic carbocycles. The largest absolute Gasteiger partial charge is 0.330 e. The van der Waals surface area contributed by atoms with Crippen molar-refractivity contribution >= 4 is 11.6 Å². The van der Waals surface area contributed by atoms with Gasteiger partial charge in [0.05, 0.1) is 0 Å². The molecule has 1 saturated heterocycles. The molecule has 1 atom stereocenters. The molecule has 122 valence electrons. The summed E-state index contributed by atoms with van der Waals surface area (Å²) in [6.45, 7) is 6.77. The van der Waals surface area contributed by atoms with Crippen LogP contribution in [0.1, 0.15) is 51.1 Å². The number of rotatable bonds is 6. The summed E-state index contributed by atoms with van der Waals surface area (Å²) in [6, 6.07) is 8.77. The first kappa shape index (κ1) is 17.0. The molecule has 1 aliphatic rings. The summed E-state index contributed by atoms with van der Waals surface area (Å²) in [5, 5.41) is 3.00. The second-order valence-corrected chi connectivity index (χ2v) is 6.46. The predicted octanol–water partition coefficient (Wildman–Crippen LogP) is 3.16. The van der Waals surface area contributed by atoms with E-state index in [0.717, 1.165) is 31.7 Å². The quantitative estimate of drug-likeness (QED) is 0.848. The van der Waals surface area contributed by atoms with Crippen LogP contribution in [0.2, 0.25) is 0 Å². The molecule has 1 aliphatic heterocycles. The van der Waals surface area contributed by atoms with Crippen molar-refractivity contribution in [2.24, 2.45) is 11.7 Å². The highest BCUT2D eigenvalue weighted by Gasteiger charge is 2.23. The first-order valence-corrected chi connectivity index (χ1v) is 8.46. The second kappa shape index (κ2) is 8.30. The molecule has 0 bridgehead atoms. The van der Waals surface area contributed by atoms with Crippen molar-refractivity contribution in [3.63, 3.8) is 0 Å². The number of amides is 1. The molecule has 4 heteroatoms. The number of benzene rings is 1. The molecule has 1 fully saturated rings. The van der Waals surface area contributed by atoms with Crippen molar-refractivity contribution in [1.82, 2.24) is 4.90 Å². The lowest BCUT2D eigenvalue weighted by molar-refractivity contribution is -0.118. The molecule has 4 nitrogen and oxygen atoms in total. The summed E-state index contributed by atoms with van der Waals surface area (Å²) < 4.78 is 0. The smallest absolute Gasteiger partial charge is 0.226 e. The first-order chi connectivity index (χ1) is 10.6. The van der Waals surface area contributed by atoms with Gasteiger partial charge in [-0.1, -0.05) is 32.4 Å². The van der Waals surface area contributed by atoms with Gasteiger partial charge in [-0.2, -0.15) is 0 Å². The van der Waals surface area contributed by atoms with Crippen molar-refractivity contribution in [1.29, 1.82) is 0 Å². The summed E-state index contributed by atoms with van der Waals surface area (Å²) in [5.41, 5.74) is 7.87. The molecule has 0 radical (unpaired) electrons. The van der Waals surface area contributed by atoms with E-state index in [1.807, 2.05) is 26.0 Å². The Hall–Kier alpha value is -1.39. The fourth-order valence-corrected chi connectivity index (χ4v) is 3.04. The maximum atomic E-state index is 11.9. The molecule has 1 amide bonds. The number of carbonyl (C=O) groups excluding carboxylic acids is 1. The standard InChI is InChI=1S/C18H29N3O/c1-14(2)18(22)20-16-8-5-7-15(13-16)17-9-3-4-11-21(17)12-6-10-19/h5,7-8,13-14,17H,3-4,6,9-12,19H2,1-2H3,(H,20,22). The number of nitrogens with one attached hydrogen (secondary N) is 1. The van der Waals surface area contributed by atoms with Crippen LogP contribution in [0.5, 0.6) is 0 Å². The SMILES string of the molecule is CC(C)C(=O)Nc1cccc(C2CCCCN2CCCN)c1. The lowest BCUT2D eigenvalue weighted by atomic mass is 9.94. The third kappa shape index (κ3) is 4.55. The average Bonchev–Trinajstić information content (AvgIpc) is 2.53. The Balaban J connectivity index is 2.10. The van der Waals surface area contributed by atoms with Gasteiger partial charge in [-0.25, -0.2) is 0 Å². The molecule has 1 aromatic rings. The van der Waals surface area contributed by atoms with Crippen LogP contribution in [0, 0.1) is 5.92 Å². The van der Waals surface area contributed by atoms with Gasteiger partial charge in [0.15, 0.2) is 0 Å². The zero-order valence-corrected chi connectivity index (χ0v) is 13.8. The van der Waals surface area contributed by atoms with Crippen LogP contribution < -0.4 is 11.1 Å². The molecular weight excluding hydrogens is 274 g/mol. The highest BCUT2D eigenvalue weighted by Crippen LogP contribution is 2.32. The topological polar surface area (TPSA) is 58.4 Å². The lowest BCUT2D eigenvalue weighted by Crippen LogP contribution is -2.35. The highest BCUT2D eigenvalue weighted by atomic mass is 16.1. The molecule has 0 saturated carbocycles. The molecule has 1 unspecified atom stereocenters. The van der Waals surface area contributed by atoms with E-state index in [4.69, 9.17) is 5.73 Å². The number of piperidine rings is 1. The predicted molar refractivity (Wildman–Crippen MR) is 91.7 cm³/mol. The highest BCUT2D eigenvalue weighted by molar-refractivity contribution is 5.92. The Kier molecular flexibility index (Phi) is 6.40. The van der Waals surface area contributed by atoms with Gasteiger partial charge in [-0.3, -0.25) is 9.69 Å². The third-order valence-electron chi connectivity index (χ3n) is 4.33. The Morgan fingerprint density at radius 1 is 1.41 bits per heavy atom. The van der Waals surface area contributed by atoms with Gasteiger partial charge in [0.25, 0.3) is 0 Å². The molecular formula is C18H29N3O. The van der Waals surface area contributed by atoms with Crippen molar-refractivity contribution < 1.29 is 4.79 Å². The van der Waals surface area contributed by atoms with Crippen LogP contribution in [-0.2, 0) is 4.79 Å². The number of anilines is 1. The number of carbonyl (C=O) groups is 1. The first-order valence-electron chi connectivity index (χ1n) is 8.46. The summed E-state index contributed by atoms with van der Waals surface area (Å²) in [5.74, 6) is 0.0696. The second-order valence-electron chi connectivity index (χ2n) is 6.46. The number of hydrogen-bond donors (Lipinski definition) is 2. The van der Waals surface area contributed by atoms with E-state index < -0.39 is 0 Å². The van der Waals surface area contributed by atoms with Gasteiger partial charge in [0.2, 0.25) is 5.91 Å². The van der Waals surface area contributed by atoms with Crippen molar-refractivity contribution in [3.05, 3.63) is 29.8 Å². The summed E-state index contributed by atoms with van der Waals surface area (Å²) in [7, 11) is 0. The minimum Gasteiger partial charge on any atom is -0.330 e. The monoisotopic (exact) mass is 303 g/mol. The fraction of sp³-hybridized carbons (Fsp3) is 0.611. The number of nitrogens with zero attached hydrogens (tertiary/aromatic N) is 1. The molecule has 3 N–H and O–H groups in total. The molecule has 0 spiro atoms. The third-order valence-corrected chi connectivity index (χ3v) is 4.33. The van der Waals surface area contributed by atoms with E-state index in [-0.39, 0.29) is 11.8 Å². The van der Waals surface area contributed by atoms with Gasteiger partial charge in [-0.15, -0.1) is 0 Å². The van der Waals surface area contributed by atoms with Gasteiger partial charge in [0.1, 0.15) is 0 Å². The maximum absolute atomic E-state index is 11.9. The van der Waals surface area contributed by atoms with Gasteiger partial charge >= 0.3 is 0 Å². The van der Waals surface area contributed by atoms with Crippen LogP contribution >= 0.6 is 0 Å². The van der Waals surface area contributed by atoms with E-state index in [1.54, 1.807) is 0 Å². The van der Waals surface area contributed by atoms with Crippen molar-refractivity contribution in [2.45, 2.75) is 45.6 Å². The Morgan fingerprint density at radius 3 is 2.95 bits per heavy atom. The fourth-order valence-electron chi connectivity index (χ4n) is 3.04. The normalized spacial score (nSPS) is 19.4. The zero-order chi connectivity index (χ0) is 15.9. The minimum absolute atomic E-state index is 0.000565. The van der Waals surface area contributed by atoms with E-state index in [0.29, 0.717) is 6.04 Å². The van der Waals surface area contributed by atoms with Crippen molar-refractivity contribution in [3.8, 4) is 0 Å². The summed E-state index contributed by atoms with van der Waals surface area (Å²) >= 11 is 0. The minimum atomic E-state index is -0.000565. The molecule has 1 heterocycles. The summed E-state index contributed by atoms with van der Waals surface area (Å²) in [4.78, 5) is 14.4. The van der Waals surface area contributed by atoms with E-state index in [9.17, 15) is 4.79 Å². The Morgan fingerprint density at radius 2 is 2.23 bits per heavy atom. The average molecular weight is 303 g/mol. The lowest BCUT2D eigenvalue weighted by Gasteiger charge is -2.36. The molecule has 22 heavy (non-hydrogen) atoms. The van der Waals surface area contributed by atoms with Crippen LogP contribution in [-0.4, -0.2) is 30.4 Å². The van der Waals surface area contributed by atoms with Crippen LogP contribution in [0.4, 0.5) is 5.69 Å². The summed E-state index contributed by atoms with van der Waals surface area (Å²) in [6.07, 6.45) is 4.77. The number of hydrogen-bond acceptors (Lipinski definition) is 3. The molecule has 0 aromatic heterocycles. The Labute approximate surface area is 134 Å². The van der Waals surface area contributed by atoms with Crippen LogP contribution in [0.3, 0.4) is 0 Å². The molecule has 0 aliphatic carbocycles. The molecule has 2 rings (SSSR count). The maximum Gasteiger partial charge on any atom is 0.226 e. The van der Waals surface area contributed by atoms with Gasteiger partial charge in [-0.05, 0) is 56.6 Å². The number of likely N-dealkylation sites (tertiary alicyclic amines) is 1. The van der Waals surface area contributed by atoms with Crippen molar-refractivity contribution in [2.75, 3.05) is 25.0 Å². The van der Waals surface area contributed by atoms with Gasteiger partial charge < -0.3 is 11.1 Å². The van der Waals surface area contributed by atoms with E-state index in [1.165, 1.54) is 24.8 Å². The van der Waals surface area contributed by atoms with Crippen LogP contribution in [0.25, 0.3) is 0 Å².